The molecule has 0 spiro atoms. The van der Waals surface area contributed by atoms with Crippen LogP contribution in [0.15, 0.2) is 35.2 Å². The molecule has 4 heterocycles. The summed E-state index contributed by atoms with van der Waals surface area (Å²) in [7, 11) is 0. The van der Waals surface area contributed by atoms with Crippen molar-refractivity contribution in [2.45, 2.75) is 32.4 Å². The highest BCUT2D eigenvalue weighted by Gasteiger charge is 2.27. The van der Waals surface area contributed by atoms with E-state index >= 15 is 0 Å². The minimum atomic E-state index is 0.543. The first-order valence-electron chi connectivity index (χ1n) is 7.73. The molecule has 1 N–H and O–H groups in total. The van der Waals surface area contributed by atoms with E-state index in [0.717, 1.165) is 19.5 Å². The van der Waals surface area contributed by atoms with Crippen LogP contribution >= 0.6 is 22.7 Å². The van der Waals surface area contributed by atoms with E-state index in [1.807, 2.05) is 17.5 Å². The summed E-state index contributed by atoms with van der Waals surface area (Å²) in [6, 6.07) is 7.11. The van der Waals surface area contributed by atoms with Crippen LogP contribution < -0.4 is 0 Å². The van der Waals surface area contributed by atoms with Crippen LogP contribution in [0.1, 0.15) is 35.4 Å². The first kappa shape index (κ1) is 14.2. The second-order valence-electron chi connectivity index (χ2n) is 5.69. The van der Waals surface area contributed by atoms with Crippen molar-refractivity contribution >= 4 is 22.7 Å². The number of hydrogen-bond acceptors (Lipinski definition) is 4. The highest BCUT2D eigenvalue weighted by Crippen LogP contribution is 2.37. The molecule has 0 saturated heterocycles. The molecule has 3 aromatic rings. The van der Waals surface area contributed by atoms with E-state index in [4.69, 9.17) is 0 Å². The van der Waals surface area contributed by atoms with Crippen LogP contribution in [-0.4, -0.2) is 21.6 Å². The van der Waals surface area contributed by atoms with Gasteiger partial charge in [-0.25, -0.2) is 0 Å². The summed E-state index contributed by atoms with van der Waals surface area (Å²) in [6.45, 7) is 4.40. The van der Waals surface area contributed by atoms with E-state index in [9.17, 15) is 0 Å². The van der Waals surface area contributed by atoms with Crippen molar-refractivity contribution in [1.29, 1.82) is 0 Å². The molecule has 1 unspecified atom stereocenters. The molecule has 0 bridgehead atoms. The Bertz CT molecular complexity index is 742. The standard InChI is InChI=1S/C17H19N3S2/c1-2-14-13-6-9-22-15(13)5-7-20(14)11-12-10-18-19-17(12)16-4-3-8-21-16/h3-4,6,8-10,14H,2,5,7,11H2,1H3,(H,18,19). The number of nitrogens with zero attached hydrogens (tertiary/aromatic N) is 2. The lowest BCUT2D eigenvalue weighted by atomic mass is 9.97. The molecular weight excluding hydrogens is 310 g/mol. The van der Waals surface area contributed by atoms with Gasteiger partial charge >= 0.3 is 0 Å². The Hall–Kier alpha value is -1.43. The molecule has 0 amide bonds. The second-order valence-corrected chi connectivity index (χ2v) is 7.64. The fourth-order valence-electron chi connectivity index (χ4n) is 3.40. The van der Waals surface area contributed by atoms with Crippen molar-refractivity contribution in [2.75, 3.05) is 6.54 Å². The zero-order chi connectivity index (χ0) is 14.9. The van der Waals surface area contributed by atoms with E-state index in [0.29, 0.717) is 6.04 Å². The fraction of sp³-hybridized carbons (Fsp3) is 0.353. The first-order chi connectivity index (χ1) is 10.9. The van der Waals surface area contributed by atoms with Gasteiger partial charge in [0.05, 0.1) is 16.8 Å². The van der Waals surface area contributed by atoms with Gasteiger partial charge in [-0.15, -0.1) is 22.7 Å². The van der Waals surface area contributed by atoms with Crippen LogP contribution in [0.2, 0.25) is 0 Å². The molecule has 3 nitrogen and oxygen atoms in total. The molecule has 0 fully saturated rings. The Labute approximate surface area is 138 Å². The maximum absolute atomic E-state index is 4.29. The van der Waals surface area contributed by atoms with Crippen molar-refractivity contribution in [1.82, 2.24) is 15.1 Å². The average Bonchev–Trinajstić information content (AvgIpc) is 3.27. The highest BCUT2D eigenvalue weighted by atomic mass is 32.1. The van der Waals surface area contributed by atoms with Crippen LogP contribution in [-0.2, 0) is 13.0 Å². The molecule has 114 valence electrons. The first-order valence-corrected chi connectivity index (χ1v) is 9.49. The van der Waals surface area contributed by atoms with Crippen LogP contribution in [0.3, 0.4) is 0 Å². The summed E-state index contributed by atoms with van der Waals surface area (Å²) in [5, 5.41) is 11.8. The van der Waals surface area contributed by atoms with Gasteiger partial charge in [0.2, 0.25) is 0 Å². The van der Waals surface area contributed by atoms with Gasteiger partial charge < -0.3 is 0 Å². The number of fused-ring (bicyclic) bond motifs is 1. The van der Waals surface area contributed by atoms with E-state index in [2.05, 4.69) is 51.0 Å². The zero-order valence-corrected chi connectivity index (χ0v) is 14.2. The fourth-order valence-corrected chi connectivity index (χ4v) is 5.08. The summed E-state index contributed by atoms with van der Waals surface area (Å²) in [4.78, 5) is 5.46. The Morgan fingerprint density at radius 1 is 1.32 bits per heavy atom. The third-order valence-corrected chi connectivity index (χ3v) is 6.34. The number of H-pyrrole nitrogens is 1. The molecule has 1 aliphatic heterocycles. The molecular formula is C17H19N3S2. The van der Waals surface area contributed by atoms with Gasteiger partial charge in [-0.2, -0.15) is 5.10 Å². The smallest absolute Gasteiger partial charge is 0.0794 e. The molecule has 22 heavy (non-hydrogen) atoms. The monoisotopic (exact) mass is 329 g/mol. The quantitative estimate of drug-likeness (QED) is 0.752. The van der Waals surface area contributed by atoms with Gasteiger partial charge in [0.15, 0.2) is 0 Å². The molecule has 0 aliphatic carbocycles. The minimum absolute atomic E-state index is 0.543. The highest BCUT2D eigenvalue weighted by molar-refractivity contribution is 7.13. The summed E-state index contributed by atoms with van der Waals surface area (Å²) in [5.41, 5.74) is 4.03. The van der Waals surface area contributed by atoms with E-state index in [1.54, 1.807) is 21.8 Å². The maximum Gasteiger partial charge on any atom is 0.0794 e. The summed E-state index contributed by atoms with van der Waals surface area (Å²) >= 11 is 3.68. The van der Waals surface area contributed by atoms with Crippen LogP contribution in [0.5, 0.6) is 0 Å². The summed E-state index contributed by atoms with van der Waals surface area (Å²) in [6.07, 6.45) is 4.33. The largest absolute Gasteiger partial charge is 0.292 e. The van der Waals surface area contributed by atoms with Gasteiger partial charge in [0.25, 0.3) is 0 Å². The molecule has 0 saturated carbocycles. The lowest BCUT2D eigenvalue weighted by Gasteiger charge is -2.35. The Morgan fingerprint density at radius 3 is 3.09 bits per heavy atom. The van der Waals surface area contributed by atoms with Crippen molar-refractivity contribution < 1.29 is 0 Å². The minimum Gasteiger partial charge on any atom is -0.292 e. The van der Waals surface area contributed by atoms with E-state index < -0.39 is 0 Å². The molecule has 1 atom stereocenters. The van der Waals surface area contributed by atoms with Gasteiger partial charge in [0, 0.05) is 29.6 Å². The van der Waals surface area contributed by atoms with Crippen molar-refractivity contribution in [3.63, 3.8) is 0 Å². The van der Waals surface area contributed by atoms with E-state index in [-0.39, 0.29) is 0 Å². The molecule has 0 radical (unpaired) electrons. The molecule has 4 rings (SSSR count). The van der Waals surface area contributed by atoms with Crippen molar-refractivity contribution in [3.05, 3.63) is 51.2 Å². The zero-order valence-electron chi connectivity index (χ0n) is 12.6. The Morgan fingerprint density at radius 2 is 2.27 bits per heavy atom. The molecule has 3 aromatic heterocycles. The van der Waals surface area contributed by atoms with Crippen LogP contribution in [0.25, 0.3) is 10.6 Å². The average molecular weight is 329 g/mol. The number of aromatic amines is 1. The lowest BCUT2D eigenvalue weighted by Crippen LogP contribution is -2.33. The normalized spacial score (nSPS) is 18.5. The van der Waals surface area contributed by atoms with Crippen LogP contribution in [0, 0.1) is 0 Å². The number of hydrogen-bond donors (Lipinski definition) is 1. The molecule has 0 aromatic carbocycles. The van der Waals surface area contributed by atoms with Gasteiger partial charge in [-0.1, -0.05) is 13.0 Å². The SMILES string of the molecule is CCC1c2ccsc2CCN1Cc1cn[nH]c1-c1cccs1. The molecule has 1 aliphatic rings. The maximum atomic E-state index is 4.29. The van der Waals surface area contributed by atoms with Crippen molar-refractivity contribution in [2.24, 2.45) is 0 Å². The summed E-state index contributed by atoms with van der Waals surface area (Å²) in [5.74, 6) is 0. The second kappa shape index (κ2) is 5.99. The number of thiophene rings is 2. The summed E-state index contributed by atoms with van der Waals surface area (Å²) < 4.78 is 0. The predicted molar refractivity (Wildman–Crippen MR) is 93.4 cm³/mol. The van der Waals surface area contributed by atoms with Gasteiger partial charge in [-0.05, 0) is 41.3 Å². The van der Waals surface area contributed by atoms with Gasteiger partial charge in [0.1, 0.15) is 0 Å². The topological polar surface area (TPSA) is 31.9 Å². The Kier molecular flexibility index (Phi) is 3.86. The van der Waals surface area contributed by atoms with Crippen molar-refractivity contribution in [3.8, 4) is 10.6 Å². The third kappa shape index (κ3) is 2.43. The van der Waals surface area contributed by atoms with E-state index in [1.165, 1.54) is 22.6 Å². The number of rotatable bonds is 4. The lowest BCUT2D eigenvalue weighted by molar-refractivity contribution is 0.173. The predicted octanol–water partition coefficient (Wildman–Crippen LogP) is 4.71. The molecule has 5 heteroatoms. The van der Waals surface area contributed by atoms with Gasteiger partial charge in [-0.3, -0.25) is 10.00 Å². The number of nitrogens with one attached hydrogen (secondary N) is 1. The Balaban J connectivity index is 1.61. The number of aromatic nitrogens is 2. The third-order valence-electron chi connectivity index (χ3n) is 4.45. The van der Waals surface area contributed by atoms with Crippen LogP contribution in [0.4, 0.5) is 0 Å².